The van der Waals surface area contributed by atoms with Gasteiger partial charge >= 0.3 is 6.18 Å². The van der Waals surface area contributed by atoms with Crippen molar-refractivity contribution in [2.45, 2.75) is 12.7 Å². The molecular formula is C13H19F3N4O. The molecule has 5 nitrogen and oxygen atoms in total. The number of ether oxygens (including phenoxy) is 1. The van der Waals surface area contributed by atoms with Crippen molar-refractivity contribution in [3.05, 3.63) is 23.9 Å². The largest absolute Gasteiger partial charge is 0.468 e. The maximum Gasteiger partial charge on any atom is 0.422 e. The highest BCUT2D eigenvalue weighted by atomic mass is 19.4. The van der Waals surface area contributed by atoms with E-state index in [0.29, 0.717) is 11.5 Å². The molecule has 0 atom stereocenters. The molecule has 0 spiro atoms. The molecule has 0 radical (unpaired) electrons. The lowest BCUT2D eigenvalue weighted by Gasteiger charge is -2.22. The molecule has 0 unspecified atom stereocenters. The highest BCUT2D eigenvalue weighted by Crippen LogP contribution is 2.20. The van der Waals surface area contributed by atoms with E-state index in [0.717, 1.165) is 0 Å². The zero-order valence-electron chi connectivity index (χ0n) is 12.5. The van der Waals surface area contributed by atoms with Gasteiger partial charge in [-0.05, 0) is 6.07 Å². The summed E-state index contributed by atoms with van der Waals surface area (Å²) in [6, 6.07) is 3.28. The average Bonchev–Trinajstić information content (AvgIpc) is 2.36. The van der Waals surface area contributed by atoms with E-state index in [1.165, 1.54) is 6.20 Å². The van der Waals surface area contributed by atoms with Crippen LogP contribution >= 0.6 is 0 Å². The molecule has 0 aliphatic heterocycles. The number of pyridine rings is 1. The minimum absolute atomic E-state index is 0.0459. The molecule has 0 bridgehead atoms. The van der Waals surface area contributed by atoms with Gasteiger partial charge in [-0.25, -0.2) is 9.98 Å². The molecule has 0 aliphatic rings. The summed E-state index contributed by atoms with van der Waals surface area (Å²) in [5, 5.41) is 0. The Kier molecular flexibility index (Phi) is 5.80. The highest BCUT2D eigenvalue weighted by molar-refractivity contribution is 5.79. The third-order valence-electron chi connectivity index (χ3n) is 2.41. The Morgan fingerprint density at radius 1 is 1.24 bits per heavy atom. The number of guanidine groups is 1. The monoisotopic (exact) mass is 304 g/mol. The summed E-state index contributed by atoms with van der Waals surface area (Å²) in [5.41, 5.74) is 0.503. The van der Waals surface area contributed by atoms with Gasteiger partial charge in [0.05, 0.1) is 6.54 Å². The first kappa shape index (κ1) is 17.1. The zero-order valence-corrected chi connectivity index (χ0v) is 12.5. The number of hydrogen-bond donors (Lipinski definition) is 0. The third kappa shape index (κ3) is 5.88. The van der Waals surface area contributed by atoms with Crippen LogP contribution in [0.1, 0.15) is 5.56 Å². The number of nitrogens with zero attached hydrogens (tertiary/aromatic N) is 4. The maximum absolute atomic E-state index is 12.2. The summed E-state index contributed by atoms with van der Waals surface area (Å²) in [6.07, 6.45) is -3.01. The molecule has 0 amide bonds. The quantitative estimate of drug-likeness (QED) is 0.630. The molecule has 118 valence electrons. The van der Waals surface area contributed by atoms with Crippen LogP contribution in [0.4, 0.5) is 13.2 Å². The molecule has 1 heterocycles. The Morgan fingerprint density at radius 3 is 2.38 bits per heavy atom. The molecule has 0 N–H and O–H groups in total. The van der Waals surface area contributed by atoms with Gasteiger partial charge in [0.1, 0.15) is 0 Å². The van der Waals surface area contributed by atoms with E-state index < -0.39 is 12.8 Å². The Bertz CT molecular complexity index is 477. The Morgan fingerprint density at radius 2 is 1.86 bits per heavy atom. The number of alkyl halides is 3. The molecular weight excluding hydrogens is 285 g/mol. The summed E-state index contributed by atoms with van der Waals surface area (Å²) in [5.74, 6) is 0.649. The van der Waals surface area contributed by atoms with Crippen LogP contribution in [0.25, 0.3) is 0 Å². The van der Waals surface area contributed by atoms with E-state index in [1.54, 1.807) is 12.1 Å². The minimum Gasteiger partial charge on any atom is -0.468 e. The first-order valence-electron chi connectivity index (χ1n) is 6.23. The van der Waals surface area contributed by atoms with Crippen LogP contribution < -0.4 is 4.74 Å². The second-order valence-electron chi connectivity index (χ2n) is 4.78. The zero-order chi connectivity index (χ0) is 16.0. The van der Waals surface area contributed by atoms with Gasteiger partial charge in [-0.3, -0.25) is 0 Å². The molecule has 1 aromatic heterocycles. The fraction of sp³-hybridized carbons (Fsp3) is 0.538. The molecule has 1 aromatic rings. The number of rotatable bonds is 4. The van der Waals surface area contributed by atoms with Crippen molar-refractivity contribution in [3.63, 3.8) is 0 Å². The predicted molar refractivity (Wildman–Crippen MR) is 74.3 cm³/mol. The molecule has 0 saturated carbocycles. The first-order valence-corrected chi connectivity index (χ1v) is 6.23. The topological polar surface area (TPSA) is 41.0 Å². The third-order valence-corrected chi connectivity index (χ3v) is 2.41. The Labute approximate surface area is 122 Å². The van der Waals surface area contributed by atoms with E-state index >= 15 is 0 Å². The van der Waals surface area contributed by atoms with Gasteiger partial charge in [0.15, 0.2) is 12.6 Å². The standard InChI is InChI=1S/C13H19F3N4O/c1-19(2)12(20(3)4)18-8-10-6-5-7-17-11(10)21-9-13(14,15)16/h5-7H,8-9H2,1-4H3. The van der Waals surface area contributed by atoms with Gasteiger partial charge in [0, 0.05) is 40.0 Å². The van der Waals surface area contributed by atoms with Crippen LogP contribution in [0.3, 0.4) is 0 Å². The molecule has 0 aromatic carbocycles. The number of hydrogen-bond acceptors (Lipinski definition) is 3. The lowest BCUT2D eigenvalue weighted by atomic mass is 10.3. The van der Waals surface area contributed by atoms with Gasteiger partial charge in [-0.1, -0.05) is 6.07 Å². The van der Waals surface area contributed by atoms with Crippen molar-refractivity contribution in [3.8, 4) is 5.88 Å². The van der Waals surface area contributed by atoms with E-state index in [2.05, 4.69) is 9.98 Å². The lowest BCUT2D eigenvalue weighted by molar-refractivity contribution is -0.154. The average molecular weight is 304 g/mol. The van der Waals surface area contributed by atoms with Gasteiger partial charge in [0.25, 0.3) is 0 Å². The van der Waals surface area contributed by atoms with Crippen LogP contribution in [0, 0.1) is 0 Å². The fourth-order valence-corrected chi connectivity index (χ4v) is 1.66. The first-order chi connectivity index (χ1) is 9.70. The molecule has 21 heavy (non-hydrogen) atoms. The second-order valence-corrected chi connectivity index (χ2v) is 4.78. The van der Waals surface area contributed by atoms with E-state index in [-0.39, 0.29) is 12.4 Å². The highest BCUT2D eigenvalue weighted by Gasteiger charge is 2.29. The van der Waals surface area contributed by atoms with Crippen molar-refractivity contribution < 1.29 is 17.9 Å². The van der Waals surface area contributed by atoms with Crippen LogP contribution in [0.15, 0.2) is 23.3 Å². The van der Waals surface area contributed by atoms with Crippen molar-refractivity contribution in [2.75, 3.05) is 34.8 Å². The Hall–Kier alpha value is -1.99. The molecule has 0 aliphatic carbocycles. The van der Waals surface area contributed by atoms with Gasteiger partial charge in [-0.2, -0.15) is 13.2 Å². The van der Waals surface area contributed by atoms with Gasteiger partial charge < -0.3 is 14.5 Å². The van der Waals surface area contributed by atoms with Gasteiger partial charge in [-0.15, -0.1) is 0 Å². The molecule has 1 rings (SSSR count). The fourth-order valence-electron chi connectivity index (χ4n) is 1.66. The lowest BCUT2D eigenvalue weighted by Crippen LogP contribution is -2.35. The number of halogens is 3. The van der Waals surface area contributed by atoms with Crippen LogP contribution in [-0.2, 0) is 6.54 Å². The summed E-state index contributed by atoms with van der Waals surface area (Å²) in [6.45, 7) is -1.18. The number of aromatic nitrogens is 1. The second kappa shape index (κ2) is 7.14. The maximum atomic E-state index is 12.2. The van der Waals surface area contributed by atoms with Crippen molar-refractivity contribution >= 4 is 5.96 Å². The van der Waals surface area contributed by atoms with Crippen LogP contribution in [-0.4, -0.2) is 61.7 Å². The van der Waals surface area contributed by atoms with Crippen LogP contribution in [0.2, 0.25) is 0 Å². The normalized spacial score (nSPS) is 11.0. The summed E-state index contributed by atoms with van der Waals surface area (Å²) < 4.78 is 41.3. The predicted octanol–water partition coefficient (Wildman–Crippen LogP) is 2.00. The summed E-state index contributed by atoms with van der Waals surface area (Å²) in [4.78, 5) is 11.8. The Balaban J connectivity index is 2.86. The van der Waals surface area contributed by atoms with Crippen molar-refractivity contribution in [1.29, 1.82) is 0 Å². The molecule has 8 heteroatoms. The number of aliphatic imine (C=N–C) groups is 1. The van der Waals surface area contributed by atoms with E-state index in [4.69, 9.17) is 4.74 Å². The van der Waals surface area contributed by atoms with Crippen molar-refractivity contribution in [2.24, 2.45) is 4.99 Å². The summed E-state index contributed by atoms with van der Waals surface area (Å²) >= 11 is 0. The minimum atomic E-state index is -4.39. The van der Waals surface area contributed by atoms with E-state index in [1.807, 2.05) is 38.0 Å². The van der Waals surface area contributed by atoms with E-state index in [9.17, 15) is 13.2 Å². The van der Waals surface area contributed by atoms with Crippen molar-refractivity contribution in [1.82, 2.24) is 14.8 Å². The molecule has 0 saturated heterocycles. The van der Waals surface area contributed by atoms with Gasteiger partial charge in [0.2, 0.25) is 5.88 Å². The van der Waals surface area contributed by atoms with Crippen LogP contribution in [0.5, 0.6) is 5.88 Å². The molecule has 0 fully saturated rings. The SMILES string of the molecule is CN(C)C(=NCc1cccnc1OCC(F)(F)F)N(C)C. The summed E-state index contributed by atoms with van der Waals surface area (Å²) in [7, 11) is 7.35. The smallest absolute Gasteiger partial charge is 0.422 e.